The minimum Gasteiger partial charge on any atom is -0.465 e. The van der Waals surface area contributed by atoms with Gasteiger partial charge in [0.2, 0.25) is 0 Å². The van der Waals surface area contributed by atoms with Crippen LogP contribution in [0.3, 0.4) is 0 Å². The molecule has 1 heterocycles. The maximum atomic E-state index is 11.5. The van der Waals surface area contributed by atoms with Gasteiger partial charge in [0, 0.05) is 27.7 Å². The summed E-state index contributed by atoms with van der Waals surface area (Å²) in [5.74, 6) is -0.423. The van der Waals surface area contributed by atoms with E-state index in [0.717, 1.165) is 12.2 Å². The van der Waals surface area contributed by atoms with Crippen LogP contribution in [0.1, 0.15) is 20.1 Å². The lowest BCUT2D eigenvalue weighted by Crippen LogP contribution is -2.07. The lowest BCUT2D eigenvalue weighted by atomic mass is 10.1. The van der Waals surface area contributed by atoms with Gasteiger partial charge in [0.1, 0.15) is 0 Å². The topological polar surface area (TPSA) is 64.3 Å². The van der Waals surface area contributed by atoms with Crippen molar-refractivity contribution in [3.8, 4) is 0 Å². The fourth-order valence-electron chi connectivity index (χ4n) is 1.72. The van der Waals surface area contributed by atoms with Gasteiger partial charge < -0.3 is 15.8 Å². The van der Waals surface area contributed by atoms with Crippen LogP contribution in [0.5, 0.6) is 0 Å². The summed E-state index contributed by atoms with van der Waals surface area (Å²) in [6.45, 7) is 2.80. The van der Waals surface area contributed by atoms with E-state index in [1.165, 1.54) is 16.9 Å². The molecule has 3 N–H and O–H groups in total. The van der Waals surface area contributed by atoms with E-state index in [0.29, 0.717) is 11.3 Å². The Hall–Kier alpha value is -2.01. The molecule has 100 valence electrons. The largest absolute Gasteiger partial charge is 0.465 e. The molecule has 0 aliphatic carbocycles. The van der Waals surface area contributed by atoms with Crippen molar-refractivity contribution in [2.45, 2.75) is 13.5 Å². The fourth-order valence-corrected chi connectivity index (χ4v) is 2.55. The third-order valence-corrected chi connectivity index (χ3v) is 3.72. The molecule has 19 heavy (non-hydrogen) atoms. The Kier molecular flexibility index (Phi) is 4.06. The van der Waals surface area contributed by atoms with Crippen LogP contribution < -0.4 is 11.1 Å². The molecule has 0 fully saturated rings. The van der Waals surface area contributed by atoms with Gasteiger partial charge in [0.15, 0.2) is 0 Å². The standard InChI is InChI=1S/C14H16N2O2S/c1-9-3-5-11(19-9)8-16-10-4-6-13(15)12(7-10)14(17)18-2/h3-7,16H,8,15H2,1-2H3. The first kappa shape index (κ1) is 13.4. The molecule has 0 unspecified atom stereocenters. The molecule has 0 saturated heterocycles. The number of carbonyl (C=O) groups excluding carboxylic acids is 1. The van der Waals surface area contributed by atoms with Gasteiger partial charge in [-0.2, -0.15) is 0 Å². The van der Waals surface area contributed by atoms with Gasteiger partial charge in [-0.3, -0.25) is 0 Å². The lowest BCUT2D eigenvalue weighted by molar-refractivity contribution is 0.0602. The normalized spacial score (nSPS) is 10.2. The van der Waals surface area contributed by atoms with Crippen LogP contribution in [0.15, 0.2) is 30.3 Å². The Morgan fingerprint density at radius 3 is 2.79 bits per heavy atom. The van der Waals surface area contributed by atoms with Crippen LogP contribution in [0.25, 0.3) is 0 Å². The molecular formula is C14H16N2O2S. The maximum Gasteiger partial charge on any atom is 0.340 e. The Morgan fingerprint density at radius 1 is 1.37 bits per heavy atom. The highest BCUT2D eigenvalue weighted by molar-refractivity contribution is 7.11. The molecule has 0 radical (unpaired) electrons. The average Bonchev–Trinajstić information content (AvgIpc) is 2.83. The first-order valence-corrected chi connectivity index (χ1v) is 6.69. The second-order valence-corrected chi connectivity index (χ2v) is 5.53. The van der Waals surface area contributed by atoms with Gasteiger partial charge in [0.25, 0.3) is 0 Å². The number of aryl methyl sites for hydroxylation is 1. The number of hydrogen-bond donors (Lipinski definition) is 2. The number of esters is 1. The zero-order chi connectivity index (χ0) is 13.8. The van der Waals surface area contributed by atoms with Gasteiger partial charge >= 0.3 is 5.97 Å². The number of methoxy groups -OCH3 is 1. The van der Waals surface area contributed by atoms with Crippen molar-refractivity contribution in [1.29, 1.82) is 0 Å². The van der Waals surface area contributed by atoms with Crippen LogP contribution in [-0.4, -0.2) is 13.1 Å². The van der Waals surface area contributed by atoms with Gasteiger partial charge in [0.05, 0.1) is 12.7 Å². The van der Waals surface area contributed by atoms with E-state index in [9.17, 15) is 4.79 Å². The summed E-state index contributed by atoms with van der Waals surface area (Å²) in [6.07, 6.45) is 0. The van der Waals surface area contributed by atoms with E-state index in [1.807, 2.05) is 6.07 Å². The zero-order valence-corrected chi connectivity index (χ0v) is 11.7. The summed E-state index contributed by atoms with van der Waals surface area (Å²) in [7, 11) is 1.34. The Morgan fingerprint density at radius 2 is 2.16 bits per heavy atom. The van der Waals surface area contributed by atoms with Crippen LogP contribution in [0.4, 0.5) is 11.4 Å². The molecule has 0 spiro atoms. The molecule has 0 atom stereocenters. The number of nitrogens with one attached hydrogen (secondary N) is 1. The van der Waals surface area contributed by atoms with Crippen LogP contribution in [0.2, 0.25) is 0 Å². The van der Waals surface area contributed by atoms with Crippen molar-refractivity contribution in [3.63, 3.8) is 0 Å². The van der Waals surface area contributed by atoms with Gasteiger partial charge in [-0.15, -0.1) is 11.3 Å². The fraction of sp³-hybridized carbons (Fsp3) is 0.214. The first-order chi connectivity index (χ1) is 9.10. The summed E-state index contributed by atoms with van der Waals surface area (Å²) in [5, 5.41) is 3.27. The highest BCUT2D eigenvalue weighted by Gasteiger charge is 2.10. The summed E-state index contributed by atoms with van der Waals surface area (Å²) >= 11 is 1.75. The molecule has 4 nitrogen and oxygen atoms in total. The third-order valence-electron chi connectivity index (χ3n) is 2.72. The Labute approximate surface area is 116 Å². The molecule has 1 aromatic carbocycles. The van der Waals surface area contributed by atoms with Crippen molar-refractivity contribution in [3.05, 3.63) is 45.6 Å². The predicted molar refractivity (Wildman–Crippen MR) is 78.6 cm³/mol. The molecule has 0 aliphatic heterocycles. The van der Waals surface area contributed by atoms with Crippen molar-refractivity contribution in [2.75, 3.05) is 18.2 Å². The number of ether oxygens (including phenoxy) is 1. The number of benzene rings is 1. The number of thiophene rings is 1. The quantitative estimate of drug-likeness (QED) is 0.665. The molecule has 0 amide bonds. The smallest absolute Gasteiger partial charge is 0.340 e. The maximum absolute atomic E-state index is 11.5. The van der Waals surface area contributed by atoms with E-state index >= 15 is 0 Å². The summed E-state index contributed by atoms with van der Waals surface area (Å²) < 4.78 is 4.69. The van der Waals surface area contributed by atoms with E-state index in [-0.39, 0.29) is 0 Å². The first-order valence-electron chi connectivity index (χ1n) is 5.87. The molecule has 1 aromatic heterocycles. The van der Waals surface area contributed by atoms with Crippen molar-refractivity contribution < 1.29 is 9.53 Å². The molecule has 0 aliphatic rings. The second kappa shape index (κ2) is 5.75. The average molecular weight is 276 g/mol. The minimum atomic E-state index is -0.423. The molecule has 0 bridgehead atoms. The highest BCUT2D eigenvalue weighted by atomic mass is 32.1. The molecular weight excluding hydrogens is 260 g/mol. The highest BCUT2D eigenvalue weighted by Crippen LogP contribution is 2.21. The van der Waals surface area contributed by atoms with E-state index in [4.69, 9.17) is 10.5 Å². The Bertz CT molecular complexity index is 593. The SMILES string of the molecule is COC(=O)c1cc(NCc2ccc(C)s2)ccc1N. The molecule has 5 heteroatoms. The van der Waals surface area contributed by atoms with Crippen LogP contribution in [-0.2, 0) is 11.3 Å². The van der Waals surface area contributed by atoms with Gasteiger partial charge in [-0.1, -0.05) is 0 Å². The number of anilines is 2. The minimum absolute atomic E-state index is 0.384. The molecule has 0 saturated carbocycles. The Balaban J connectivity index is 2.10. The summed E-state index contributed by atoms with van der Waals surface area (Å²) in [5.41, 5.74) is 7.40. The van der Waals surface area contributed by atoms with Crippen molar-refractivity contribution >= 4 is 28.7 Å². The lowest BCUT2D eigenvalue weighted by Gasteiger charge is -2.08. The summed E-state index contributed by atoms with van der Waals surface area (Å²) in [4.78, 5) is 14.1. The van der Waals surface area contributed by atoms with Gasteiger partial charge in [-0.25, -0.2) is 4.79 Å². The third kappa shape index (κ3) is 3.26. The number of rotatable bonds is 4. The number of hydrogen-bond acceptors (Lipinski definition) is 5. The van der Waals surface area contributed by atoms with Crippen molar-refractivity contribution in [2.24, 2.45) is 0 Å². The van der Waals surface area contributed by atoms with E-state index in [2.05, 4.69) is 24.4 Å². The zero-order valence-electron chi connectivity index (χ0n) is 10.9. The molecule has 2 rings (SSSR count). The monoisotopic (exact) mass is 276 g/mol. The molecule has 2 aromatic rings. The summed E-state index contributed by atoms with van der Waals surface area (Å²) in [6, 6.07) is 9.44. The predicted octanol–water partition coefficient (Wildman–Crippen LogP) is 3.04. The number of carbonyl (C=O) groups is 1. The van der Waals surface area contributed by atoms with Crippen molar-refractivity contribution in [1.82, 2.24) is 0 Å². The number of nitrogen functional groups attached to an aromatic ring is 1. The van der Waals surface area contributed by atoms with Crippen LogP contribution >= 0.6 is 11.3 Å². The van der Waals surface area contributed by atoms with E-state index in [1.54, 1.807) is 23.5 Å². The van der Waals surface area contributed by atoms with E-state index < -0.39 is 5.97 Å². The second-order valence-electron chi connectivity index (χ2n) is 4.16. The van der Waals surface area contributed by atoms with Gasteiger partial charge in [-0.05, 0) is 37.3 Å². The van der Waals surface area contributed by atoms with Crippen LogP contribution in [0, 0.1) is 6.92 Å². The number of nitrogens with two attached hydrogens (primary N) is 1.